The van der Waals surface area contributed by atoms with Crippen LogP contribution in [-0.2, 0) is 30.9 Å². The lowest BCUT2D eigenvalue weighted by atomic mass is 10.0. The van der Waals surface area contributed by atoms with Gasteiger partial charge in [-0.3, -0.25) is 14.4 Å². The van der Waals surface area contributed by atoms with Gasteiger partial charge in [-0.2, -0.15) is 0 Å². The molecule has 12 heteroatoms. The monoisotopic (exact) mass is 583 g/mol. The topological polar surface area (TPSA) is 113 Å². The first-order valence-corrected chi connectivity index (χ1v) is 14.4. The van der Waals surface area contributed by atoms with Crippen molar-refractivity contribution in [2.45, 2.75) is 36.4 Å². The number of ether oxygens (including phenoxy) is 1. The van der Waals surface area contributed by atoms with Gasteiger partial charge in [0.15, 0.2) is 0 Å². The van der Waals surface area contributed by atoms with Gasteiger partial charge in [-0.1, -0.05) is 42.5 Å². The number of benzene rings is 3. The Kier molecular flexibility index (Phi) is 8.13. The molecule has 1 fully saturated rings. The third kappa shape index (κ3) is 5.84. The van der Waals surface area contributed by atoms with Gasteiger partial charge in [0.25, 0.3) is 15.9 Å². The molecule has 0 aliphatic carbocycles. The Balaban J connectivity index is 1.52. The van der Waals surface area contributed by atoms with Crippen LogP contribution in [0.1, 0.15) is 40.4 Å². The number of hydrogen-bond donors (Lipinski definition) is 1. The lowest BCUT2D eigenvalue weighted by Crippen LogP contribution is -2.49. The van der Waals surface area contributed by atoms with Crippen LogP contribution in [0.4, 0.5) is 8.78 Å². The van der Waals surface area contributed by atoms with Gasteiger partial charge in [0.2, 0.25) is 11.8 Å². The van der Waals surface area contributed by atoms with Crippen LogP contribution in [0.3, 0.4) is 0 Å². The molecule has 1 N–H and O–H groups in total. The fourth-order valence-electron chi connectivity index (χ4n) is 4.97. The molecule has 9 nitrogen and oxygen atoms in total. The first-order chi connectivity index (χ1) is 19.7. The number of fused-ring (bicyclic) bond motifs is 1. The largest absolute Gasteiger partial charge is 0.376 e. The summed E-state index contributed by atoms with van der Waals surface area (Å²) in [6.45, 7) is -0.564. The third-order valence-electron chi connectivity index (χ3n) is 7.07. The van der Waals surface area contributed by atoms with Gasteiger partial charge in [0.1, 0.15) is 29.1 Å². The highest BCUT2D eigenvalue weighted by Crippen LogP contribution is 2.32. The Labute approximate surface area is 235 Å². The van der Waals surface area contributed by atoms with E-state index in [2.05, 4.69) is 5.32 Å². The summed E-state index contributed by atoms with van der Waals surface area (Å²) in [7, 11) is -4.35. The minimum Gasteiger partial charge on any atom is -0.376 e. The van der Waals surface area contributed by atoms with Gasteiger partial charge in [-0.25, -0.2) is 21.5 Å². The predicted molar refractivity (Wildman–Crippen MR) is 143 cm³/mol. The molecule has 3 aromatic rings. The number of sulfonamides is 1. The zero-order valence-corrected chi connectivity index (χ0v) is 22.7. The Hall–Kier alpha value is -4.16. The lowest BCUT2D eigenvalue weighted by Gasteiger charge is -2.33. The zero-order chi connectivity index (χ0) is 29.1. The summed E-state index contributed by atoms with van der Waals surface area (Å²) in [4.78, 5) is 41.4. The maximum absolute atomic E-state index is 15.2. The molecule has 0 spiro atoms. The molecule has 2 heterocycles. The summed E-state index contributed by atoms with van der Waals surface area (Å²) >= 11 is 0. The van der Waals surface area contributed by atoms with E-state index >= 15 is 4.39 Å². The number of carbonyl (C=O) groups is 3. The fraction of sp³-hybridized carbons (Fsp3) is 0.276. The minimum atomic E-state index is -4.35. The first kappa shape index (κ1) is 28.4. The van der Waals surface area contributed by atoms with Crippen molar-refractivity contribution in [3.63, 3.8) is 0 Å². The van der Waals surface area contributed by atoms with E-state index in [-0.39, 0.29) is 35.2 Å². The molecule has 0 saturated carbocycles. The highest BCUT2D eigenvalue weighted by atomic mass is 32.2. The van der Waals surface area contributed by atoms with E-state index < -0.39 is 52.0 Å². The van der Waals surface area contributed by atoms with Gasteiger partial charge in [-0.05, 0) is 48.7 Å². The Morgan fingerprint density at radius 2 is 1.73 bits per heavy atom. The van der Waals surface area contributed by atoms with Crippen molar-refractivity contribution >= 4 is 27.7 Å². The van der Waals surface area contributed by atoms with Crippen LogP contribution >= 0.6 is 0 Å². The Morgan fingerprint density at radius 3 is 2.41 bits per heavy atom. The number of amides is 3. The second-order valence-electron chi connectivity index (χ2n) is 9.77. The highest BCUT2D eigenvalue weighted by Gasteiger charge is 2.44. The molecule has 0 bridgehead atoms. The number of hydrogen-bond acceptors (Lipinski definition) is 6. The second kappa shape index (κ2) is 11.8. The average Bonchev–Trinajstić information content (AvgIpc) is 3.55. The first-order valence-electron chi connectivity index (χ1n) is 13.0. The molecule has 1 saturated heterocycles. The summed E-state index contributed by atoms with van der Waals surface area (Å²) in [6.07, 6.45) is 1.30. The Morgan fingerprint density at radius 1 is 1.02 bits per heavy atom. The summed E-state index contributed by atoms with van der Waals surface area (Å²) in [6, 6.07) is 14.6. The van der Waals surface area contributed by atoms with Gasteiger partial charge < -0.3 is 15.0 Å². The second-order valence-corrected chi connectivity index (χ2v) is 11.6. The maximum Gasteiger partial charge on any atom is 0.269 e. The van der Waals surface area contributed by atoms with Crippen LogP contribution in [0.5, 0.6) is 0 Å². The van der Waals surface area contributed by atoms with Crippen LogP contribution < -0.4 is 5.32 Å². The normalized spacial score (nSPS) is 18.1. The molecule has 0 radical (unpaired) electrons. The zero-order valence-electron chi connectivity index (χ0n) is 21.8. The van der Waals surface area contributed by atoms with E-state index in [0.717, 1.165) is 23.8 Å². The molecule has 41 heavy (non-hydrogen) atoms. The number of halogens is 2. The molecule has 0 unspecified atom stereocenters. The molecule has 214 valence electrons. The van der Waals surface area contributed by atoms with E-state index in [4.69, 9.17) is 4.74 Å². The van der Waals surface area contributed by atoms with E-state index in [1.165, 1.54) is 66.7 Å². The van der Waals surface area contributed by atoms with Crippen LogP contribution in [-0.4, -0.2) is 61.1 Å². The molecular weight excluding hydrogens is 556 g/mol. The van der Waals surface area contributed by atoms with Crippen molar-refractivity contribution in [2.75, 3.05) is 19.7 Å². The smallest absolute Gasteiger partial charge is 0.269 e. The molecule has 3 amide bonds. The van der Waals surface area contributed by atoms with E-state index in [1.807, 2.05) is 0 Å². The van der Waals surface area contributed by atoms with E-state index in [0.29, 0.717) is 16.5 Å². The van der Waals surface area contributed by atoms with Crippen LogP contribution in [0.15, 0.2) is 77.7 Å². The summed E-state index contributed by atoms with van der Waals surface area (Å²) in [5, 5.41) is 2.73. The molecule has 5 rings (SSSR count). The summed E-state index contributed by atoms with van der Waals surface area (Å²) < 4.78 is 61.2. The Bertz CT molecular complexity index is 1580. The number of rotatable bonds is 9. The van der Waals surface area contributed by atoms with Crippen molar-refractivity contribution < 1.29 is 36.3 Å². The number of nitrogens with zero attached hydrogens (tertiary/aromatic N) is 2. The highest BCUT2D eigenvalue weighted by molar-refractivity contribution is 7.90. The minimum absolute atomic E-state index is 0.0784. The quantitative estimate of drug-likeness (QED) is 0.414. The van der Waals surface area contributed by atoms with Crippen molar-refractivity contribution in [3.8, 4) is 0 Å². The van der Waals surface area contributed by atoms with Crippen LogP contribution in [0, 0.1) is 11.6 Å². The number of carbonyl (C=O) groups excluding carboxylic acids is 3. The van der Waals surface area contributed by atoms with E-state index in [9.17, 15) is 27.2 Å². The SMILES string of the molecule is O=C(NC[C@H]1CCCO1)[C@@H](c1ccccc1F)N(Cc1ccc(F)cc1)C(=O)CN1C(=O)c2ccccc2S1(=O)=O. The number of nitrogens with one attached hydrogen (secondary N) is 1. The predicted octanol–water partition coefficient (Wildman–Crippen LogP) is 3.17. The van der Waals surface area contributed by atoms with Gasteiger partial charge in [0, 0.05) is 25.3 Å². The molecule has 2 aliphatic rings. The van der Waals surface area contributed by atoms with E-state index in [1.54, 1.807) is 0 Å². The van der Waals surface area contributed by atoms with Crippen LogP contribution in [0.25, 0.3) is 0 Å². The van der Waals surface area contributed by atoms with Gasteiger partial charge in [0.05, 0.1) is 11.7 Å². The van der Waals surface area contributed by atoms with Gasteiger partial charge >= 0.3 is 0 Å². The molecule has 0 aromatic heterocycles. The van der Waals surface area contributed by atoms with Crippen molar-refractivity contribution in [2.24, 2.45) is 0 Å². The van der Waals surface area contributed by atoms with Crippen molar-refractivity contribution in [1.29, 1.82) is 0 Å². The maximum atomic E-state index is 15.2. The fourth-order valence-corrected chi connectivity index (χ4v) is 6.49. The lowest BCUT2D eigenvalue weighted by molar-refractivity contribution is -0.141. The average molecular weight is 584 g/mol. The standard InChI is InChI=1S/C29H27F2N3O6S/c30-20-13-11-19(12-14-20)17-33(26(35)18-34-29(37)23-8-2-4-10-25(23)41(34,38)39)27(22-7-1-3-9-24(22)31)28(36)32-16-21-6-5-15-40-21/h1-4,7-14,21,27H,5-6,15-18H2,(H,32,36)/t21-,27-/m1/s1. The van der Waals surface area contributed by atoms with Crippen molar-refractivity contribution in [3.05, 3.63) is 101 Å². The molecular formula is C29H27F2N3O6S. The molecule has 3 aromatic carbocycles. The van der Waals surface area contributed by atoms with Crippen molar-refractivity contribution in [1.82, 2.24) is 14.5 Å². The van der Waals surface area contributed by atoms with Gasteiger partial charge in [-0.15, -0.1) is 0 Å². The summed E-state index contributed by atoms with van der Waals surface area (Å²) in [5.74, 6) is -3.84. The molecule has 2 atom stereocenters. The van der Waals surface area contributed by atoms with Crippen LogP contribution in [0.2, 0.25) is 0 Å². The molecule has 2 aliphatic heterocycles. The summed E-state index contributed by atoms with van der Waals surface area (Å²) in [5.41, 5.74) is 0.184. The third-order valence-corrected chi connectivity index (χ3v) is 8.85.